The molecular weight excluding hydrogens is 490 g/mol. The molecule has 0 aromatic heterocycles. The maximum absolute atomic E-state index is 13.1. The number of carbonyl (C=O) groups is 1. The molecule has 1 saturated heterocycles. The fourth-order valence-electron chi connectivity index (χ4n) is 5.92. The molecule has 37 heavy (non-hydrogen) atoms. The number of aliphatic imine (C=N–C) groups is 1. The molecule has 0 aromatic rings. The number of rotatable bonds is 3. The van der Waals surface area contributed by atoms with Gasteiger partial charge in [0.2, 0.25) is 0 Å². The second-order valence-corrected chi connectivity index (χ2v) is 11.8. The van der Waals surface area contributed by atoms with E-state index in [9.17, 15) is 4.79 Å². The molecule has 3 unspecified atom stereocenters. The van der Waals surface area contributed by atoms with Gasteiger partial charge in [0.15, 0.2) is 0 Å². The fraction of sp³-hybridized carbons (Fsp3) is 0.448. The van der Waals surface area contributed by atoms with Gasteiger partial charge in [-0.3, -0.25) is 4.90 Å². The molecule has 0 aromatic carbocycles. The van der Waals surface area contributed by atoms with E-state index in [2.05, 4.69) is 35.7 Å². The summed E-state index contributed by atoms with van der Waals surface area (Å²) in [6, 6.07) is -0.208. The molecule has 3 heterocycles. The first-order valence-corrected chi connectivity index (χ1v) is 13.2. The minimum atomic E-state index is -0.567. The van der Waals surface area contributed by atoms with Crippen LogP contribution in [-0.2, 0) is 14.2 Å². The summed E-state index contributed by atoms with van der Waals surface area (Å²) in [4.78, 5) is 19.9. The second kappa shape index (κ2) is 9.07. The van der Waals surface area contributed by atoms with Crippen molar-refractivity contribution in [3.8, 4) is 0 Å². The lowest BCUT2D eigenvalue weighted by molar-refractivity contribution is 0.0251. The molecule has 1 N–H and O–H groups in total. The molecule has 7 nitrogen and oxygen atoms in total. The number of hydrogen-bond acceptors (Lipinski definition) is 6. The van der Waals surface area contributed by atoms with Gasteiger partial charge < -0.3 is 19.5 Å². The Balaban J connectivity index is 1.25. The van der Waals surface area contributed by atoms with E-state index in [-0.39, 0.29) is 35.9 Å². The molecule has 3 aliphatic carbocycles. The minimum Gasteiger partial charge on any atom is -0.465 e. The fourth-order valence-corrected chi connectivity index (χ4v) is 6.12. The van der Waals surface area contributed by atoms with Crippen molar-refractivity contribution in [2.45, 2.75) is 44.9 Å². The van der Waals surface area contributed by atoms with Crippen molar-refractivity contribution in [2.75, 3.05) is 20.3 Å². The first kappa shape index (κ1) is 24.3. The van der Waals surface area contributed by atoms with Crippen molar-refractivity contribution in [3.05, 3.63) is 82.0 Å². The first-order valence-electron chi connectivity index (χ1n) is 12.8. The molecule has 1 amide bonds. The van der Waals surface area contributed by atoms with Crippen LogP contribution in [0, 0.1) is 17.8 Å². The summed E-state index contributed by atoms with van der Waals surface area (Å²) >= 11 is 6.20. The van der Waals surface area contributed by atoms with Crippen molar-refractivity contribution < 1.29 is 19.0 Å². The second-order valence-electron chi connectivity index (χ2n) is 11.3. The zero-order valence-corrected chi connectivity index (χ0v) is 22.3. The van der Waals surface area contributed by atoms with Crippen LogP contribution in [0.4, 0.5) is 4.79 Å². The predicted molar refractivity (Wildman–Crippen MR) is 143 cm³/mol. The van der Waals surface area contributed by atoms with Gasteiger partial charge in [-0.05, 0) is 57.1 Å². The van der Waals surface area contributed by atoms with Crippen molar-refractivity contribution in [1.29, 1.82) is 0 Å². The van der Waals surface area contributed by atoms with Gasteiger partial charge in [0.1, 0.15) is 17.2 Å². The molecule has 194 valence electrons. The molecule has 0 radical (unpaired) electrons. The molecule has 0 bridgehead atoms. The van der Waals surface area contributed by atoms with Crippen LogP contribution in [0.2, 0.25) is 0 Å². The molecule has 0 spiro atoms. The van der Waals surface area contributed by atoms with E-state index >= 15 is 0 Å². The average Bonchev–Trinajstić information content (AvgIpc) is 3.46. The zero-order chi connectivity index (χ0) is 25.9. The topological polar surface area (TPSA) is 72.4 Å². The number of ether oxygens (including phenoxy) is 3. The Morgan fingerprint density at radius 2 is 2.11 bits per heavy atom. The van der Waals surface area contributed by atoms with Crippen molar-refractivity contribution in [3.63, 3.8) is 0 Å². The minimum absolute atomic E-state index is 0.0209. The highest BCUT2D eigenvalue weighted by molar-refractivity contribution is 6.31. The van der Waals surface area contributed by atoms with Crippen LogP contribution in [0.15, 0.2) is 87.0 Å². The Labute approximate surface area is 222 Å². The van der Waals surface area contributed by atoms with Crippen molar-refractivity contribution in [1.82, 2.24) is 10.2 Å². The van der Waals surface area contributed by atoms with Gasteiger partial charge in [-0.25, -0.2) is 9.79 Å². The van der Waals surface area contributed by atoms with E-state index in [1.807, 2.05) is 32.9 Å². The van der Waals surface area contributed by atoms with E-state index in [0.29, 0.717) is 18.2 Å². The SMILES string of the molecule is COC[C@@H]1C[C@@H](C2=NC3=CC=C4C=C5C(=CC4C3N2)OC=C2C=C(Cl)C=CC25)N(C(=O)OC(C)(C)C)C1. The third-order valence-electron chi connectivity index (χ3n) is 7.50. The Bertz CT molecular complexity index is 1280. The molecule has 1 fully saturated rings. The summed E-state index contributed by atoms with van der Waals surface area (Å²) in [6.45, 7) is 6.83. The Morgan fingerprint density at radius 3 is 2.89 bits per heavy atom. The largest absolute Gasteiger partial charge is 0.465 e. The number of amides is 1. The number of halogens is 1. The number of carbonyl (C=O) groups excluding carboxylic acids is 1. The van der Waals surface area contributed by atoms with E-state index in [1.165, 1.54) is 5.57 Å². The van der Waals surface area contributed by atoms with Crippen LogP contribution in [-0.4, -0.2) is 54.8 Å². The summed E-state index contributed by atoms with van der Waals surface area (Å²) in [6.07, 6.45) is 16.9. The molecule has 8 heteroatoms. The average molecular weight is 522 g/mol. The smallest absolute Gasteiger partial charge is 0.410 e. The lowest BCUT2D eigenvalue weighted by Gasteiger charge is -2.35. The van der Waals surface area contributed by atoms with E-state index in [1.54, 1.807) is 18.3 Å². The summed E-state index contributed by atoms with van der Waals surface area (Å²) < 4.78 is 17.2. The molecule has 0 saturated carbocycles. The van der Waals surface area contributed by atoms with Crippen LogP contribution in [0.3, 0.4) is 0 Å². The van der Waals surface area contributed by atoms with E-state index in [0.717, 1.165) is 34.9 Å². The van der Waals surface area contributed by atoms with Gasteiger partial charge in [0.25, 0.3) is 0 Å². The van der Waals surface area contributed by atoms with E-state index < -0.39 is 5.60 Å². The van der Waals surface area contributed by atoms with Gasteiger partial charge in [-0.15, -0.1) is 0 Å². The maximum atomic E-state index is 13.1. The van der Waals surface area contributed by atoms with Crippen LogP contribution >= 0.6 is 11.6 Å². The highest BCUT2D eigenvalue weighted by Crippen LogP contribution is 2.45. The molecule has 5 atom stereocenters. The van der Waals surface area contributed by atoms with Crippen molar-refractivity contribution in [2.24, 2.45) is 22.7 Å². The first-order chi connectivity index (χ1) is 17.7. The van der Waals surface area contributed by atoms with Crippen LogP contribution < -0.4 is 5.32 Å². The van der Waals surface area contributed by atoms with Gasteiger partial charge in [-0.2, -0.15) is 0 Å². The normalized spacial score (nSPS) is 31.5. The van der Waals surface area contributed by atoms with Gasteiger partial charge >= 0.3 is 6.09 Å². The molecule has 6 aliphatic rings. The number of likely N-dealkylation sites (tertiary alicyclic amines) is 1. The third kappa shape index (κ3) is 4.48. The Hall–Kier alpha value is -3.03. The monoisotopic (exact) mass is 521 g/mol. The highest BCUT2D eigenvalue weighted by Gasteiger charge is 2.45. The summed E-state index contributed by atoms with van der Waals surface area (Å²) in [5.74, 6) is 2.12. The maximum Gasteiger partial charge on any atom is 0.410 e. The number of allylic oxidation sites excluding steroid dienone is 9. The zero-order valence-electron chi connectivity index (χ0n) is 21.5. The number of nitrogens with zero attached hydrogens (tertiary/aromatic N) is 2. The Kier molecular flexibility index (Phi) is 5.96. The summed E-state index contributed by atoms with van der Waals surface area (Å²) in [5, 5.41) is 4.37. The number of nitrogens with one attached hydrogen (secondary N) is 1. The highest BCUT2D eigenvalue weighted by atomic mass is 35.5. The van der Waals surface area contributed by atoms with Crippen molar-refractivity contribution >= 4 is 23.5 Å². The van der Waals surface area contributed by atoms with Crippen LogP contribution in [0.25, 0.3) is 0 Å². The lowest BCUT2D eigenvalue weighted by Crippen LogP contribution is -2.49. The number of hydrogen-bond donors (Lipinski definition) is 1. The lowest BCUT2D eigenvalue weighted by atomic mass is 9.76. The Morgan fingerprint density at radius 1 is 1.27 bits per heavy atom. The molecule has 3 aliphatic heterocycles. The van der Waals surface area contributed by atoms with Gasteiger partial charge in [0, 0.05) is 47.6 Å². The summed E-state index contributed by atoms with van der Waals surface area (Å²) in [7, 11) is 1.70. The molecular formula is C29H32ClN3O4. The van der Waals surface area contributed by atoms with E-state index in [4.69, 9.17) is 30.8 Å². The predicted octanol–water partition coefficient (Wildman–Crippen LogP) is 5.12. The molecule has 6 rings (SSSR count). The third-order valence-corrected chi connectivity index (χ3v) is 7.74. The van der Waals surface area contributed by atoms with Gasteiger partial charge in [0.05, 0.1) is 30.6 Å². The van der Waals surface area contributed by atoms with Crippen LogP contribution in [0.1, 0.15) is 27.2 Å². The van der Waals surface area contributed by atoms with Gasteiger partial charge in [-0.1, -0.05) is 29.8 Å². The quantitative estimate of drug-likeness (QED) is 0.558. The number of fused-ring (bicyclic) bond motifs is 6. The number of methoxy groups -OCH3 is 1. The summed E-state index contributed by atoms with van der Waals surface area (Å²) in [5.41, 5.74) is 3.81. The van der Waals surface area contributed by atoms with Crippen LogP contribution in [0.5, 0.6) is 0 Å². The standard InChI is InChI=1S/C29H32ClN3O4/c1-29(2,3)37-28(34)33-13-16(14-35-4)9-24(33)27-31-23-8-5-17-11-22-20-7-6-19(30)10-18(20)15-36-25(22)12-21(17)26(23)32-27/h5-8,10-12,15-16,20-21,24,26H,9,13-14H2,1-4H3,(H,31,32)/t16-,20?,21?,24+,26?/m1/s1. The number of amidine groups is 1.